The third-order valence-electron chi connectivity index (χ3n) is 3.23. The van der Waals surface area contributed by atoms with Crippen molar-refractivity contribution in [3.05, 3.63) is 69.8 Å². The lowest BCUT2D eigenvalue weighted by Crippen LogP contribution is -1.84. The Bertz CT molecular complexity index is 700. The van der Waals surface area contributed by atoms with E-state index in [1.165, 1.54) is 16.0 Å². The summed E-state index contributed by atoms with van der Waals surface area (Å²) in [6.07, 6.45) is 4.69. The third kappa shape index (κ3) is 6.25. The van der Waals surface area contributed by atoms with Crippen molar-refractivity contribution in [3.8, 4) is 11.3 Å². The Morgan fingerprint density at radius 1 is 0.958 bits per heavy atom. The van der Waals surface area contributed by atoms with Crippen LogP contribution in [0.15, 0.2) is 48.8 Å². The molecule has 128 valence electrons. The highest BCUT2D eigenvalue weighted by molar-refractivity contribution is 7.12. The van der Waals surface area contributed by atoms with E-state index in [0.717, 1.165) is 22.7 Å². The van der Waals surface area contributed by atoms with Crippen molar-refractivity contribution in [1.29, 1.82) is 0 Å². The fourth-order valence-electron chi connectivity index (χ4n) is 2.24. The zero-order valence-electron chi connectivity index (χ0n) is 15.6. The monoisotopic (exact) mass is 340 g/mol. The quantitative estimate of drug-likeness (QED) is 0.539. The van der Waals surface area contributed by atoms with Gasteiger partial charge in [-0.15, -0.1) is 11.3 Å². The highest BCUT2D eigenvalue weighted by Crippen LogP contribution is 2.27. The maximum Gasteiger partial charge on any atom is 0.0904 e. The van der Waals surface area contributed by atoms with Crippen LogP contribution in [-0.2, 0) is 6.42 Å². The van der Waals surface area contributed by atoms with Gasteiger partial charge in [0, 0.05) is 22.8 Å². The number of aryl methyl sites for hydroxylation is 4. The molecule has 1 aromatic carbocycles. The molecule has 0 fully saturated rings. The minimum atomic E-state index is 1.04. The summed E-state index contributed by atoms with van der Waals surface area (Å²) >= 11 is 1.77. The van der Waals surface area contributed by atoms with Gasteiger partial charge in [-0.1, -0.05) is 56.2 Å². The minimum absolute atomic E-state index is 1.04. The van der Waals surface area contributed by atoms with Crippen LogP contribution in [0, 0.1) is 20.8 Å². The molecule has 0 saturated carbocycles. The Balaban J connectivity index is 0.000000245. The lowest BCUT2D eigenvalue weighted by Gasteiger charge is -1.97. The van der Waals surface area contributed by atoms with Crippen molar-refractivity contribution in [2.75, 3.05) is 0 Å². The summed E-state index contributed by atoms with van der Waals surface area (Å²) in [5.41, 5.74) is 4.90. The SMILES string of the molecule is CC.CCc1sc(C)nc1-c1cccnc1.Cc1cccc(C)c1. The molecule has 0 saturated heterocycles. The molecule has 3 heteroatoms. The molecule has 0 N–H and O–H groups in total. The molecule has 0 aliphatic carbocycles. The largest absolute Gasteiger partial charge is 0.264 e. The summed E-state index contributed by atoms with van der Waals surface area (Å²) in [6.45, 7) is 12.4. The Morgan fingerprint density at radius 2 is 1.62 bits per heavy atom. The normalized spacial score (nSPS) is 9.42. The van der Waals surface area contributed by atoms with Gasteiger partial charge in [-0.3, -0.25) is 4.98 Å². The lowest BCUT2D eigenvalue weighted by molar-refractivity contribution is 1.16. The van der Waals surface area contributed by atoms with Gasteiger partial charge in [-0.05, 0) is 39.3 Å². The second-order valence-electron chi connectivity index (χ2n) is 5.26. The van der Waals surface area contributed by atoms with Crippen LogP contribution in [0.2, 0.25) is 0 Å². The van der Waals surface area contributed by atoms with Gasteiger partial charge in [-0.25, -0.2) is 4.98 Å². The number of aromatic nitrogens is 2. The van der Waals surface area contributed by atoms with Crippen LogP contribution in [0.25, 0.3) is 11.3 Å². The Labute approximate surface area is 150 Å². The fourth-order valence-corrected chi connectivity index (χ4v) is 3.14. The topological polar surface area (TPSA) is 25.8 Å². The summed E-state index contributed by atoms with van der Waals surface area (Å²) in [6, 6.07) is 12.5. The van der Waals surface area contributed by atoms with Gasteiger partial charge in [-0.2, -0.15) is 0 Å². The predicted octanol–water partition coefficient (Wildman–Crippen LogP) is 6.41. The van der Waals surface area contributed by atoms with Gasteiger partial charge < -0.3 is 0 Å². The second kappa shape index (κ2) is 10.7. The molecule has 3 aromatic rings. The molecule has 2 heterocycles. The molecule has 0 aliphatic rings. The number of rotatable bonds is 2. The van der Waals surface area contributed by atoms with Gasteiger partial charge >= 0.3 is 0 Å². The van der Waals surface area contributed by atoms with Gasteiger partial charge in [0.25, 0.3) is 0 Å². The first kappa shape index (κ1) is 20.0. The van der Waals surface area contributed by atoms with Crippen LogP contribution in [0.3, 0.4) is 0 Å². The first-order valence-electron chi connectivity index (χ1n) is 8.50. The lowest BCUT2D eigenvalue weighted by atomic mass is 10.2. The summed E-state index contributed by atoms with van der Waals surface area (Å²) in [5.74, 6) is 0. The highest BCUT2D eigenvalue weighted by atomic mass is 32.1. The van der Waals surface area contributed by atoms with E-state index in [2.05, 4.69) is 61.1 Å². The van der Waals surface area contributed by atoms with Crippen molar-refractivity contribution in [2.24, 2.45) is 0 Å². The number of nitrogens with zero attached hydrogens (tertiary/aromatic N) is 2. The predicted molar refractivity (Wildman–Crippen MR) is 107 cm³/mol. The minimum Gasteiger partial charge on any atom is -0.264 e. The van der Waals surface area contributed by atoms with E-state index in [-0.39, 0.29) is 0 Å². The van der Waals surface area contributed by atoms with Crippen LogP contribution >= 0.6 is 11.3 Å². The molecule has 0 unspecified atom stereocenters. The molecule has 0 spiro atoms. The molecule has 24 heavy (non-hydrogen) atoms. The molecule has 0 aliphatic heterocycles. The van der Waals surface area contributed by atoms with Gasteiger partial charge in [0.05, 0.1) is 10.7 Å². The van der Waals surface area contributed by atoms with E-state index in [0.29, 0.717) is 0 Å². The average Bonchev–Trinajstić information content (AvgIpc) is 2.99. The van der Waals surface area contributed by atoms with Crippen molar-refractivity contribution in [2.45, 2.75) is 48.0 Å². The Kier molecular flexibility index (Phi) is 8.95. The molecule has 0 radical (unpaired) electrons. The van der Waals surface area contributed by atoms with Crippen LogP contribution in [0.5, 0.6) is 0 Å². The van der Waals surface area contributed by atoms with Crippen LogP contribution in [0.4, 0.5) is 0 Å². The number of hydrogen-bond donors (Lipinski definition) is 0. The van der Waals surface area contributed by atoms with E-state index >= 15 is 0 Å². The van der Waals surface area contributed by atoms with Gasteiger partial charge in [0.2, 0.25) is 0 Å². The first-order valence-corrected chi connectivity index (χ1v) is 9.31. The highest BCUT2D eigenvalue weighted by Gasteiger charge is 2.08. The van der Waals surface area contributed by atoms with E-state index in [9.17, 15) is 0 Å². The molecular formula is C21H28N2S. The molecule has 3 rings (SSSR count). The van der Waals surface area contributed by atoms with Crippen molar-refractivity contribution in [1.82, 2.24) is 9.97 Å². The molecule has 2 aromatic heterocycles. The summed E-state index contributed by atoms with van der Waals surface area (Å²) in [5, 5.41) is 1.13. The molecule has 0 bridgehead atoms. The fraction of sp³-hybridized carbons (Fsp3) is 0.333. The van der Waals surface area contributed by atoms with Crippen molar-refractivity contribution >= 4 is 11.3 Å². The first-order chi connectivity index (χ1) is 11.6. The zero-order chi connectivity index (χ0) is 17.9. The van der Waals surface area contributed by atoms with Crippen molar-refractivity contribution in [3.63, 3.8) is 0 Å². The molecular weight excluding hydrogens is 312 g/mol. The average molecular weight is 341 g/mol. The van der Waals surface area contributed by atoms with E-state index in [4.69, 9.17) is 0 Å². The molecule has 2 nitrogen and oxygen atoms in total. The van der Waals surface area contributed by atoms with Crippen molar-refractivity contribution < 1.29 is 0 Å². The second-order valence-corrected chi connectivity index (χ2v) is 6.55. The standard InChI is InChI=1S/C11H12N2S.C8H10.C2H6/c1-3-10-11(13-8(2)14-10)9-5-4-6-12-7-9;1-7-4-3-5-8(2)6-7;1-2/h4-7H,3H2,1-2H3;3-6H,1-2H3;1-2H3. The summed E-state index contributed by atoms with van der Waals surface area (Å²) in [4.78, 5) is 9.98. The maximum atomic E-state index is 4.53. The van der Waals surface area contributed by atoms with Crippen LogP contribution in [-0.4, -0.2) is 9.97 Å². The van der Waals surface area contributed by atoms with E-state index in [1.807, 2.05) is 33.0 Å². The summed E-state index contributed by atoms with van der Waals surface area (Å²) < 4.78 is 0. The molecule has 0 amide bonds. The number of pyridine rings is 1. The van der Waals surface area contributed by atoms with Gasteiger partial charge in [0.1, 0.15) is 0 Å². The maximum absolute atomic E-state index is 4.53. The van der Waals surface area contributed by atoms with E-state index in [1.54, 1.807) is 17.5 Å². The van der Waals surface area contributed by atoms with E-state index < -0.39 is 0 Å². The Hall–Kier alpha value is -2.00. The smallest absolute Gasteiger partial charge is 0.0904 e. The number of benzene rings is 1. The Morgan fingerprint density at radius 3 is 2.08 bits per heavy atom. The summed E-state index contributed by atoms with van der Waals surface area (Å²) in [7, 11) is 0. The number of hydrogen-bond acceptors (Lipinski definition) is 3. The molecule has 0 atom stereocenters. The van der Waals surface area contributed by atoms with Crippen LogP contribution < -0.4 is 0 Å². The third-order valence-corrected chi connectivity index (χ3v) is 4.35. The number of thiazole rings is 1. The zero-order valence-corrected chi connectivity index (χ0v) is 16.4. The van der Waals surface area contributed by atoms with Gasteiger partial charge in [0.15, 0.2) is 0 Å². The van der Waals surface area contributed by atoms with Crippen LogP contribution in [0.1, 0.15) is 41.8 Å².